The van der Waals surface area contributed by atoms with E-state index in [0.717, 1.165) is 16.3 Å². The number of hydrogen-bond donors (Lipinski definition) is 1. The van der Waals surface area contributed by atoms with Gasteiger partial charge in [0.2, 0.25) is 0 Å². The third-order valence-electron chi connectivity index (χ3n) is 3.73. The Balaban J connectivity index is 2.13. The predicted octanol–water partition coefficient (Wildman–Crippen LogP) is 2.62. The van der Waals surface area contributed by atoms with Crippen LogP contribution in [0.25, 0.3) is 10.8 Å². The maximum atomic E-state index is 10.9. The molecule has 3 rings (SSSR count). The summed E-state index contributed by atoms with van der Waals surface area (Å²) >= 11 is 0. The van der Waals surface area contributed by atoms with Gasteiger partial charge in [0.1, 0.15) is 0 Å². The van der Waals surface area contributed by atoms with E-state index in [1.54, 1.807) is 6.20 Å². The van der Waals surface area contributed by atoms with Crippen molar-refractivity contribution in [1.29, 1.82) is 0 Å². The molecule has 2 heterocycles. The second kappa shape index (κ2) is 4.34. The van der Waals surface area contributed by atoms with E-state index in [1.807, 2.05) is 37.4 Å². The van der Waals surface area contributed by atoms with Crippen LogP contribution in [0.15, 0.2) is 36.7 Å². The molecule has 2 atom stereocenters. The fraction of sp³-hybridized carbons (Fsp3) is 0.400. The number of ether oxygens (including phenoxy) is 1. The lowest BCUT2D eigenvalue weighted by Crippen LogP contribution is -2.37. The van der Waals surface area contributed by atoms with Crippen molar-refractivity contribution in [3.63, 3.8) is 0 Å². The Hall–Kier alpha value is -1.45. The van der Waals surface area contributed by atoms with Crippen LogP contribution in [0.5, 0.6) is 0 Å². The first-order valence-electron chi connectivity index (χ1n) is 6.36. The molecule has 0 amide bonds. The van der Waals surface area contributed by atoms with Crippen LogP contribution in [-0.4, -0.2) is 22.8 Å². The van der Waals surface area contributed by atoms with E-state index in [9.17, 15) is 5.11 Å². The van der Waals surface area contributed by atoms with Gasteiger partial charge >= 0.3 is 0 Å². The second-order valence-corrected chi connectivity index (χ2v) is 5.07. The summed E-state index contributed by atoms with van der Waals surface area (Å²) in [6.07, 6.45) is 5.01. The second-order valence-electron chi connectivity index (χ2n) is 5.07. The van der Waals surface area contributed by atoms with Gasteiger partial charge in [-0.1, -0.05) is 18.2 Å². The third-order valence-corrected chi connectivity index (χ3v) is 3.73. The molecule has 3 heteroatoms. The zero-order valence-corrected chi connectivity index (χ0v) is 10.5. The molecule has 1 fully saturated rings. The largest absolute Gasteiger partial charge is 0.385 e. The number of benzene rings is 1. The van der Waals surface area contributed by atoms with E-state index in [-0.39, 0.29) is 6.10 Å². The monoisotopic (exact) mass is 243 g/mol. The van der Waals surface area contributed by atoms with Gasteiger partial charge in [-0.3, -0.25) is 4.98 Å². The lowest BCUT2D eigenvalue weighted by Gasteiger charge is -2.36. The average Bonchev–Trinajstić information content (AvgIpc) is 2.38. The van der Waals surface area contributed by atoms with E-state index in [1.165, 1.54) is 0 Å². The van der Waals surface area contributed by atoms with Crippen LogP contribution in [0.4, 0.5) is 0 Å². The molecular formula is C15H17NO2. The van der Waals surface area contributed by atoms with E-state index in [0.29, 0.717) is 19.4 Å². The molecule has 1 N–H and O–H groups in total. The number of aromatic nitrogens is 1. The molecule has 94 valence electrons. The summed E-state index contributed by atoms with van der Waals surface area (Å²) in [5, 5.41) is 13.1. The highest BCUT2D eigenvalue weighted by Crippen LogP contribution is 2.37. The molecule has 1 saturated heterocycles. The van der Waals surface area contributed by atoms with E-state index in [2.05, 4.69) is 4.98 Å². The fourth-order valence-corrected chi connectivity index (χ4v) is 2.84. The first-order valence-corrected chi connectivity index (χ1v) is 6.36. The van der Waals surface area contributed by atoms with Crippen LogP contribution in [0, 0.1) is 0 Å². The molecule has 1 aromatic heterocycles. The van der Waals surface area contributed by atoms with E-state index < -0.39 is 5.60 Å². The van der Waals surface area contributed by atoms with Crippen LogP contribution in [-0.2, 0) is 10.3 Å². The van der Waals surface area contributed by atoms with Crippen LogP contribution in [0.3, 0.4) is 0 Å². The lowest BCUT2D eigenvalue weighted by atomic mass is 9.82. The van der Waals surface area contributed by atoms with Gasteiger partial charge in [0.15, 0.2) is 0 Å². The maximum Gasteiger partial charge on any atom is 0.0949 e. The minimum atomic E-state index is -0.779. The minimum Gasteiger partial charge on any atom is -0.385 e. The quantitative estimate of drug-likeness (QED) is 0.837. The van der Waals surface area contributed by atoms with Crippen LogP contribution in [0.1, 0.15) is 25.3 Å². The van der Waals surface area contributed by atoms with Gasteiger partial charge in [0.25, 0.3) is 0 Å². The number of aliphatic hydroxyl groups is 1. The Labute approximate surface area is 106 Å². The molecule has 0 radical (unpaired) electrons. The molecule has 0 saturated carbocycles. The highest BCUT2D eigenvalue weighted by molar-refractivity contribution is 5.85. The van der Waals surface area contributed by atoms with Crippen molar-refractivity contribution >= 4 is 10.8 Å². The van der Waals surface area contributed by atoms with Crippen molar-refractivity contribution < 1.29 is 9.84 Å². The van der Waals surface area contributed by atoms with Crippen LogP contribution < -0.4 is 0 Å². The summed E-state index contributed by atoms with van der Waals surface area (Å²) in [7, 11) is 0. The third kappa shape index (κ3) is 1.89. The Morgan fingerprint density at radius 1 is 1.39 bits per heavy atom. The van der Waals surface area contributed by atoms with E-state index in [4.69, 9.17) is 4.74 Å². The molecule has 18 heavy (non-hydrogen) atoms. The number of rotatable bonds is 1. The van der Waals surface area contributed by atoms with Crippen molar-refractivity contribution in [3.05, 3.63) is 42.2 Å². The van der Waals surface area contributed by atoms with Gasteiger partial charge in [-0.25, -0.2) is 0 Å². The molecule has 2 unspecified atom stereocenters. The Kier molecular flexibility index (Phi) is 2.80. The first-order chi connectivity index (χ1) is 8.69. The molecule has 2 aromatic rings. The summed E-state index contributed by atoms with van der Waals surface area (Å²) in [4.78, 5) is 4.13. The summed E-state index contributed by atoms with van der Waals surface area (Å²) in [6, 6.07) is 8.00. The van der Waals surface area contributed by atoms with Gasteiger partial charge in [0, 0.05) is 30.6 Å². The van der Waals surface area contributed by atoms with Gasteiger partial charge < -0.3 is 9.84 Å². The van der Waals surface area contributed by atoms with Crippen LogP contribution in [0.2, 0.25) is 0 Å². The Morgan fingerprint density at radius 3 is 3.11 bits per heavy atom. The Bertz CT molecular complexity index is 564. The topological polar surface area (TPSA) is 42.4 Å². The highest BCUT2D eigenvalue weighted by Gasteiger charge is 2.35. The number of nitrogens with zero attached hydrogens (tertiary/aromatic N) is 1. The van der Waals surface area contributed by atoms with Gasteiger partial charge in [0.05, 0.1) is 18.3 Å². The molecule has 3 nitrogen and oxygen atoms in total. The summed E-state index contributed by atoms with van der Waals surface area (Å²) < 4.78 is 5.53. The highest BCUT2D eigenvalue weighted by atomic mass is 16.5. The number of hydrogen-bond acceptors (Lipinski definition) is 3. The summed E-state index contributed by atoms with van der Waals surface area (Å²) in [5.41, 5.74) is 0.218. The smallest absolute Gasteiger partial charge is 0.0949 e. The van der Waals surface area contributed by atoms with Crippen molar-refractivity contribution in [1.82, 2.24) is 4.98 Å². The molecule has 1 aromatic carbocycles. The van der Waals surface area contributed by atoms with Crippen molar-refractivity contribution in [2.45, 2.75) is 31.5 Å². The van der Waals surface area contributed by atoms with Gasteiger partial charge in [-0.2, -0.15) is 0 Å². The van der Waals surface area contributed by atoms with Gasteiger partial charge in [-0.15, -0.1) is 0 Å². The SMILES string of the molecule is CC1CC(O)(c2cccc3cnccc23)CCO1. The standard InChI is InChI=1S/C15H17NO2/c1-11-9-15(17,6-8-18-11)14-4-2-3-12-10-16-7-5-13(12)14/h2-5,7,10-11,17H,6,8-9H2,1H3. The lowest BCUT2D eigenvalue weighted by molar-refractivity contribution is -0.101. The number of fused-ring (bicyclic) bond motifs is 1. The molecule has 1 aliphatic heterocycles. The van der Waals surface area contributed by atoms with E-state index >= 15 is 0 Å². The minimum absolute atomic E-state index is 0.0980. The molecule has 0 bridgehead atoms. The summed E-state index contributed by atoms with van der Waals surface area (Å²) in [5.74, 6) is 0. The predicted molar refractivity (Wildman–Crippen MR) is 70.3 cm³/mol. The van der Waals surface area contributed by atoms with Gasteiger partial charge in [-0.05, 0) is 23.9 Å². The normalized spacial score (nSPS) is 28.4. The molecular weight excluding hydrogens is 226 g/mol. The Morgan fingerprint density at radius 2 is 2.28 bits per heavy atom. The fourth-order valence-electron chi connectivity index (χ4n) is 2.84. The first kappa shape index (κ1) is 11.6. The van der Waals surface area contributed by atoms with Crippen molar-refractivity contribution in [2.75, 3.05) is 6.61 Å². The zero-order valence-electron chi connectivity index (χ0n) is 10.5. The molecule has 0 spiro atoms. The maximum absolute atomic E-state index is 10.9. The average molecular weight is 243 g/mol. The zero-order chi connectivity index (χ0) is 12.6. The summed E-state index contributed by atoms with van der Waals surface area (Å²) in [6.45, 7) is 2.62. The van der Waals surface area contributed by atoms with Crippen LogP contribution >= 0.6 is 0 Å². The molecule has 1 aliphatic rings. The molecule has 0 aliphatic carbocycles. The van der Waals surface area contributed by atoms with Crippen molar-refractivity contribution in [2.24, 2.45) is 0 Å². The number of pyridine rings is 1. The van der Waals surface area contributed by atoms with Crippen molar-refractivity contribution in [3.8, 4) is 0 Å².